The molecule has 1 amide bonds. The molecule has 0 aliphatic carbocycles. The molecule has 0 heterocycles. The highest BCUT2D eigenvalue weighted by molar-refractivity contribution is 5.87. The molecule has 3 rings (SSSR count). The number of carbonyl (C=O) groups is 2. The molecule has 0 aliphatic rings. The lowest BCUT2D eigenvalue weighted by Crippen LogP contribution is -2.24. The average molecular weight is 479 g/mol. The van der Waals surface area contributed by atoms with Crippen LogP contribution < -0.4 is 19.6 Å². The number of nitrogens with zero attached hydrogens (tertiary/aromatic N) is 2. The van der Waals surface area contributed by atoms with Crippen LogP contribution in [0.3, 0.4) is 0 Å². The fourth-order valence-corrected chi connectivity index (χ4v) is 2.92. The van der Waals surface area contributed by atoms with E-state index >= 15 is 0 Å². The molecule has 0 atom stereocenters. The number of para-hydroxylation sites is 2. The summed E-state index contributed by atoms with van der Waals surface area (Å²) in [5.41, 5.74) is 3.48. The number of hydrogen-bond acceptors (Lipinski definition) is 8. The lowest BCUT2D eigenvalue weighted by atomic mass is 10.1. The lowest BCUT2D eigenvalue weighted by molar-refractivity contribution is -0.385. The highest BCUT2D eigenvalue weighted by Gasteiger charge is 2.14. The predicted molar refractivity (Wildman–Crippen MR) is 125 cm³/mol. The number of ether oxygens (including phenoxy) is 3. The van der Waals surface area contributed by atoms with Crippen LogP contribution in [0.25, 0.3) is 0 Å². The molecule has 0 fully saturated rings. The molecule has 11 heteroatoms. The summed E-state index contributed by atoms with van der Waals surface area (Å²) < 4.78 is 16.3. The van der Waals surface area contributed by atoms with Gasteiger partial charge in [0.2, 0.25) is 0 Å². The van der Waals surface area contributed by atoms with Crippen molar-refractivity contribution >= 4 is 23.8 Å². The van der Waals surface area contributed by atoms with Gasteiger partial charge in [-0.2, -0.15) is 5.10 Å². The van der Waals surface area contributed by atoms with Gasteiger partial charge in [-0.1, -0.05) is 24.3 Å². The van der Waals surface area contributed by atoms with E-state index in [2.05, 4.69) is 10.5 Å². The highest BCUT2D eigenvalue weighted by Crippen LogP contribution is 2.28. The molecule has 11 nitrogen and oxygen atoms in total. The molecule has 3 aromatic rings. The Morgan fingerprint density at radius 2 is 1.83 bits per heavy atom. The first-order valence-electron chi connectivity index (χ1n) is 10.2. The normalized spacial score (nSPS) is 10.5. The van der Waals surface area contributed by atoms with E-state index < -0.39 is 23.4 Å². The number of benzene rings is 3. The summed E-state index contributed by atoms with van der Waals surface area (Å²) in [6.45, 7) is -0.318. The number of hydrazone groups is 1. The van der Waals surface area contributed by atoms with Crippen molar-refractivity contribution in [3.63, 3.8) is 0 Å². The van der Waals surface area contributed by atoms with Gasteiger partial charge in [-0.3, -0.25) is 14.9 Å². The third-order valence-corrected chi connectivity index (χ3v) is 4.58. The number of aromatic carboxylic acids is 1. The summed E-state index contributed by atoms with van der Waals surface area (Å²) in [6.07, 6.45) is 1.38. The minimum absolute atomic E-state index is 0.0216. The second-order valence-corrected chi connectivity index (χ2v) is 7.01. The number of nitrogens with one attached hydrogen (secondary N) is 1. The number of nitro groups is 1. The second-order valence-electron chi connectivity index (χ2n) is 7.01. The lowest BCUT2D eigenvalue weighted by Gasteiger charge is -2.11. The van der Waals surface area contributed by atoms with Crippen LogP contribution in [0.15, 0.2) is 71.8 Å². The largest absolute Gasteiger partial charge is 0.493 e. The van der Waals surface area contributed by atoms with Crippen molar-refractivity contribution in [1.29, 1.82) is 0 Å². The molecule has 3 aromatic carbocycles. The first-order valence-corrected chi connectivity index (χ1v) is 10.2. The van der Waals surface area contributed by atoms with Gasteiger partial charge in [0.05, 0.1) is 23.8 Å². The number of methoxy groups -OCH3 is 1. The number of rotatable bonds is 11. The van der Waals surface area contributed by atoms with Gasteiger partial charge in [0, 0.05) is 6.07 Å². The van der Waals surface area contributed by atoms with E-state index in [4.69, 9.17) is 19.3 Å². The molecule has 0 bridgehead atoms. The molecule has 0 saturated carbocycles. The van der Waals surface area contributed by atoms with Gasteiger partial charge in [0.1, 0.15) is 6.61 Å². The number of carboxylic acid groups (broad SMARTS) is 1. The highest BCUT2D eigenvalue weighted by atomic mass is 16.6. The van der Waals surface area contributed by atoms with Gasteiger partial charge in [0.25, 0.3) is 5.91 Å². The maximum absolute atomic E-state index is 11.9. The molecule has 0 aliphatic heterocycles. The molecule has 0 saturated heterocycles. The van der Waals surface area contributed by atoms with Gasteiger partial charge >= 0.3 is 11.7 Å². The number of hydrogen-bond donors (Lipinski definition) is 2. The first kappa shape index (κ1) is 24.7. The Hall–Kier alpha value is -4.93. The van der Waals surface area contributed by atoms with E-state index in [1.165, 1.54) is 43.7 Å². The Morgan fingerprint density at radius 1 is 1.03 bits per heavy atom. The topological polar surface area (TPSA) is 150 Å². The Labute approximate surface area is 199 Å². The van der Waals surface area contributed by atoms with Crippen LogP contribution in [0.2, 0.25) is 0 Å². The first-order chi connectivity index (χ1) is 16.9. The van der Waals surface area contributed by atoms with Crippen LogP contribution in [-0.2, 0) is 11.4 Å². The van der Waals surface area contributed by atoms with E-state index in [0.717, 1.165) is 0 Å². The van der Waals surface area contributed by atoms with Crippen LogP contribution in [0.5, 0.6) is 17.2 Å². The quantitative estimate of drug-likeness (QED) is 0.241. The van der Waals surface area contributed by atoms with Gasteiger partial charge in [-0.25, -0.2) is 10.2 Å². The molecule has 0 unspecified atom stereocenters. The maximum Gasteiger partial charge on any atom is 0.335 e. The van der Waals surface area contributed by atoms with Gasteiger partial charge in [0.15, 0.2) is 23.9 Å². The van der Waals surface area contributed by atoms with Crippen molar-refractivity contribution in [2.45, 2.75) is 6.61 Å². The van der Waals surface area contributed by atoms with Crippen molar-refractivity contribution in [3.8, 4) is 17.2 Å². The zero-order valence-electron chi connectivity index (χ0n) is 18.5. The summed E-state index contributed by atoms with van der Waals surface area (Å²) in [5.74, 6) is -0.795. The van der Waals surface area contributed by atoms with E-state index in [1.54, 1.807) is 36.4 Å². The fraction of sp³-hybridized carbons (Fsp3) is 0.125. The smallest absolute Gasteiger partial charge is 0.335 e. The predicted octanol–water partition coefficient (Wildman–Crippen LogP) is 3.41. The van der Waals surface area contributed by atoms with Crippen LogP contribution in [0.4, 0.5) is 5.69 Å². The zero-order valence-corrected chi connectivity index (χ0v) is 18.5. The SMILES string of the molecule is COc1cc(/C=N/NC(=O)COc2ccccc2[N+](=O)[O-])ccc1OCc1cccc(C(=O)O)c1. The minimum Gasteiger partial charge on any atom is -0.493 e. The van der Waals surface area contributed by atoms with E-state index in [9.17, 15) is 19.7 Å². The zero-order chi connectivity index (χ0) is 25.2. The second kappa shape index (κ2) is 11.8. The van der Waals surface area contributed by atoms with E-state index in [1.807, 2.05) is 0 Å². The Morgan fingerprint density at radius 3 is 2.57 bits per heavy atom. The number of carboxylic acids is 1. The Bertz CT molecular complexity index is 1260. The summed E-state index contributed by atoms with van der Waals surface area (Å²) in [7, 11) is 1.47. The number of carbonyl (C=O) groups excluding carboxylic acids is 1. The Kier molecular flexibility index (Phi) is 8.33. The van der Waals surface area contributed by atoms with Crippen molar-refractivity contribution in [3.05, 3.63) is 93.5 Å². The van der Waals surface area contributed by atoms with E-state index in [-0.39, 0.29) is 23.6 Å². The molecular formula is C24H21N3O8. The molecule has 35 heavy (non-hydrogen) atoms. The summed E-state index contributed by atoms with van der Waals surface area (Å²) >= 11 is 0. The van der Waals surface area contributed by atoms with Crippen molar-refractivity contribution in [2.75, 3.05) is 13.7 Å². The number of amides is 1. The third-order valence-electron chi connectivity index (χ3n) is 4.58. The maximum atomic E-state index is 11.9. The van der Waals surface area contributed by atoms with Gasteiger partial charge in [-0.15, -0.1) is 0 Å². The summed E-state index contributed by atoms with van der Waals surface area (Å²) in [4.78, 5) is 33.4. The van der Waals surface area contributed by atoms with E-state index in [0.29, 0.717) is 22.6 Å². The molecule has 0 aromatic heterocycles. The minimum atomic E-state index is -1.02. The summed E-state index contributed by atoms with van der Waals surface area (Å²) in [5, 5.41) is 23.9. The van der Waals surface area contributed by atoms with Crippen molar-refractivity contribution in [2.24, 2.45) is 5.10 Å². The summed E-state index contributed by atoms with van der Waals surface area (Å²) in [6, 6.07) is 17.1. The third kappa shape index (κ3) is 7.02. The molecule has 2 N–H and O–H groups in total. The fourth-order valence-electron chi connectivity index (χ4n) is 2.92. The number of nitro benzene ring substituents is 1. The molecule has 180 valence electrons. The average Bonchev–Trinajstić information content (AvgIpc) is 2.86. The van der Waals surface area contributed by atoms with Crippen molar-refractivity contribution in [1.82, 2.24) is 5.43 Å². The van der Waals surface area contributed by atoms with Crippen LogP contribution in [0, 0.1) is 10.1 Å². The molecule has 0 spiro atoms. The molecular weight excluding hydrogens is 458 g/mol. The van der Waals surface area contributed by atoms with Gasteiger partial charge in [-0.05, 0) is 47.5 Å². The van der Waals surface area contributed by atoms with Gasteiger partial charge < -0.3 is 19.3 Å². The monoisotopic (exact) mass is 479 g/mol. The van der Waals surface area contributed by atoms with Crippen LogP contribution in [-0.4, -0.2) is 41.8 Å². The van der Waals surface area contributed by atoms with Crippen LogP contribution >= 0.6 is 0 Å². The van der Waals surface area contributed by atoms with Crippen molar-refractivity contribution < 1.29 is 33.8 Å². The van der Waals surface area contributed by atoms with Crippen LogP contribution in [0.1, 0.15) is 21.5 Å². The standard InChI is InChI=1S/C24H21N3O8/c1-33-22-12-16(9-10-21(22)34-14-17-5-4-6-18(11-17)24(29)30)13-25-26-23(28)15-35-20-8-3-2-7-19(20)27(31)32/h2-13H,14-15H2,1H3,(H,26,28)(H,29,30)/b25-13+. The molecule has 0 radical (unpaired) electrons. The Balaban J connectivity index is 1.55.